The van der Waals surface area contributed by atoms with Crippen molar-refractivity contribution in [3.63, 3.8) is 0 Å². The first-order valence-electron chi connectivity index (χ1n) is 10.6. The number of nitrogens with zero attached hydrogens (tertiary/aromatic N) is 2. The van der Waals surface area contributed by atoms with Gasteiger partial charge in [-0.25, -0.2) is 12.8 Å². The zero-order valence-electron chi connectivity index (χ0n) is 17.6. The predicted molar refractivity (Wildman–Crippen MR) is 122 cm³/mol. The number of halogens is 1. The summed E-state index contributed by atoms with van der Waals surface area (Å²) in [7, 11) is -3.78. The van der Waals surface area contributed by atoms with E-state index in [0.29, 0.717) is 16.1 Å². The Balaban J connectivity index is 1.60. The number of sulfonamides is 1. The summed E-state index contributed by atoms with van der Waals surface area (Å²) in [6, 6.07) is 22.9. The minimum atomic E-state index is -3.78. The van der Waals surface area contributed by atoms with E-state index in [4.69, 9.17) is 0 Å². The highest BCUT2D eigenvalue weighted by atomic mass is 32.2. The Labute approximate surface area is 184 Å². The van der Waals surface area contributed by atoms with Gasteiger partial charge in [-0.05, 0) is 61.2 Å². The van der Waals surface area contributed by atoms with Gasteiger partial charge in [0, 0.05) is 25.7 Å². The molecule has 0 saturated carbocycles. The van der Waals surface area contributed by atoms with Crippen LogP contribution >= 0.6 is 0 Å². The predicted octanol–water partition coefficient (Wildman–Crippen LogP) is 4.99. The van der Waals surface area contributed by atoms with Gasteiger partial charge < -0.3 is 0 Å². The summed E-state index contributed by atoms with van der Waals surface area (Å²) < 4.78 is 42.5. The van der Waals surface area contributed by atoms with Crippen LogP contribution in [0.5, 0.6) is 0 Å². The van der Waals surface area contributed by atoms with E-state index in [1.54, 1.807) is 37.3 Å². The van der Waals surface area contributed by atoms with Gasteiger partial charge in [0.1, 0.15) is 5.82 Å². The second kappa shape index (κ2) is 9.20. The highest BCUT2D eigenvalue weighted by Gasteiger charge is 2.34. The third kappa shape index (κ3) is 4.81. The molecular formula is C25H27FN2O2S. The van der Waals surface area contributed by atoms with Gasteiger partial charge in [-0.2, -0.15) is 0 Å². The van der Waals surface area contributed by atoms with Crippen LogP contribution in [0.3, 0.4) is 0 Å². The summed E-state index contributed by atoms with van der Waals surface area (Å²) in [4.78, 5) is 2.65. The van der Waals surface area contributed by atoms with Crippen molar-refractivity contribution in [2.24, 2.45) is 0 Å². The Morgan fingerprint density at radius 2 is 1.52 bits per heavy atom. The fraction of sp³-hybridized carbons (Fsp3) is 0.280. The lowest BCUT2D eigenvalue weighted by Crippen LogP contribution is -2.47. The minimum absolute atomic E-state index is 0.179. The highest BCUT2D eigenvalue weighted by Crippen LogP contribution is 2.32. The molecule has 6 heteroatoms. The summed E-state index contributed by atoms with van der Waals surface area (Å²) in [5, 5.41) is 0. The third-order valence-electron chi connectivity index (χ3n) is 5.85. The monoisotopic (exact) mass is 438 g/mol. The maximum Gasteiger partial charge on any atom is 0.264 e. The van der Waals surface area contributed by atoms with E-state index in [1.165, 1.54) is 22.0 Å². The minimum Gasteiger partial charge on any atom is -0.299 e. The van der Waals surface area contributed by atoms with E-state index in [1.807, 2.05) is 24.3 Å². The molecular weight excluding hydrogens is 411 g/mol. The molecule has 0 N–H and O–H groups in total. The topological polar surface area (TPSA) is 40.6 Å². The molecule has 162 valence electrons. The average Bonchev–Trinajstić information content (AvgIpc) is 2.77. The molecule has 3 aromatic carbocycles. The van der Waals surface area contributed by atoms with Crippen LogP contribution in [0.1, 0.15) is 24.0 Å². The van der Waals surface area contributed by atoms with Gasteiger partial charge in [0.2, 0.25) is 0 Å². The van der Waals surface area contributed by atoms with Crippen molar-refractivity contribution >= 4 is 15.7 Å². The zero-order chi connectivity index (χ0) is 21.8. The van der Waals surface area contributed by atoms with Gasteiger partial charge in [-0.1, -0.05) is 48.5 Å². The fourth-order valence-corrected chi connectivity index (χ4v) is 6.18. The Kier molecular flexibility index (Phi) is 6.39. The van der Waals surface area contributed by atoms with Gasteiger partial charge in [-0.15, -0.1) is 0 Å². The summed E-state index contributed by atoms with van der Waals surface area (Å²) in [6.07, 6.45) is 1.44. The van der Waals surface area contributed by atoms with Crippen LogP contribution in [0.15, 0.2) is 83.8 Å². The molecule has 0 bridgehead atoms. The molecule has 0 amide bonds. The first kappa shape index (κ1) is 21.5. The number of aryl methyl sites for hydroxylation is 1. The van der Waals surface area contributed by atoms with Gasteiger partial charge in [0.25, 0.3) is 10.0 Å². The van der Waals surface area contributed by atoms with E-state index in [9.17, 15) is 12.8 Å². The summed E-state index contributed by atoms with van der Waals surface area (Å²) in [6.45, 7) is 4.27. The molecule has 4 nitrogen and oxygen atoms in total. The maximum absolute atomic E-state index is 13.7. The largest absolute Gasteiger partial charge is 0.299 e. The molecule has 0 atom stereocenters. The smallest absolute Gasteiger partial charge is 0.264 e. The van der Waals surface area contributed by atoms with Crippen molar-refractivity contribution in [2.75, 3.05) is 17.4 Å². The van der Waals surface area contributed by atoms with E-state index < -0.39 is 10.0 Å². The molecule has 0 radical (unpaired) electrons. The Morgan fingerprint density at radius 3 is 2.16 bits per heavy atom. The molecule has 0 aliphatic carbocycles. The third-order valence-corrected chi connectivity index (χ3v) is 7.89. The Morgan fingerprint density at radius 1 is 0.903 bits per heavy atom. The van der Waals surface area contributed by atoms with Crippen LogP contribution in [-0.2, 0) is 16.6 Å². The normalized spacial score (nSPS) is 15.7. The average molecular weight is 439 g/mol. The lowest BCUT2D eigenvalue weighted by atomic mass is 10.0. The van der Waals surface area contributed by atoms with Crippen molar-refractivity contribution in [1.82, 2.24) is 4.90 Å². The van der Waals surface area contributed by atoms with Crippen molar-refractivity contribution in [3.05, 3.63) is 95.8 Å². The number of hydrogen-bond acceptors (Lipinski definition) is 3. The lowest BCUT2D eigenvalue weighted by molar-refractivity contribution is 0.206. The van der Waals surface area contributed by atoms with Gasteiger partial charge in [0.15, 0.2) is 0 Å². The van der Waals surface area contributed by atoms with E-state index in [-0.39, 0.29) is 11.9 Å². The van der Waals surface area contributed by atoms with Crippen LogP contribution in [0.4, 0.5) is 10.1 Å². The number of hydrogen-bond donors (Lipinski definition) is 0. The standard InChI is InChI=1S/C25H27FN2O2S/c1-20-7-5-6-10-25(20)31(29,30)28(23-13-11-22(26)12-14-23)24-15-17-27(18-16-24)19-21-8-3-2-4-9-21/h2-14,24H,15-19H2,1H3. The molecule has 3 aromatic rings. The number of benzene rings is 3. The Hall–Kier alpha value is -2.70. The SMILES string of the molecule is Cc1ccccc1S(=O)(=O)N(c1ccc(F)cc1)C1CCN(Cc2ccccc2)CC1. The fourth-order valence-electron chi connectivity index (χ4n) is 4.24. The molecule has 0 aromatic heterocycles. The van der Waals surface area contributed by atoms with Crippen LogP contribution < -0.4 is 4.31 Å². The molecule has 1 aliphatic rings. The molecule has 0 spiro atoms. The zero-order valence-corrected chi connectivity index (χ0v) is 18.4. The van der Waals surface area contributed by atoms with Crippen LogP contribution in [0.25, 0.3) is 0 Å². The number of rotatable bonds is 6. The van der Waals surface area contributed by atoms with E-state index >= 15 is 0 Å². The van der Waals surface area contributed by atoms with Crippen molar-refractivity contribution in [1.29, 1.82) is 0 Å². The van der Waals surface area contributed by atoms with E-state index in [2.05, 4.69) is 17.0 Å². The number of piperidine rings is 1. The molecule has 1 saturated heterocycles. The first-order chi connectivity index (χ1) is 14.9. The molecule has 1 aliphatic heterocycles. The molecule has 4 rings (SSSR count). The van der Waals surface area contributed by atoms with Gasteiger partial charge in [-0.3, -0.25) is 9.21 Å². The van der Waals surface area contributed by atoms with Crippen molar-refractivity contribution in [3.8, 4) is 0 Å². The molecule has 1 heterocycles. The van der Waals surface area contributed by atoms with Crippen LogP contribution in [-0.4, -0.2) is 32.4 Å². The maximum atomic E-state index is 13.7. The molecule has 31 heavy (non-hydrogen) atoms. The van der Waals surface area contributed by atoms with E-state index in [0.717, 1.165) is 32.5 Å². The lowest BCUT2D eigenvalue weighted by Gasteiger charge is -2.39. The van der Waals surface area contributed by atoms with Crippen molar-refractivity contribution in [2.45, 2.75) is 37.2 Å². The van der Waals surface area contributed by atoms with Crippen molar-refractivity contribution < 1.29 is 12.8 Å². The second-order valence-electron chi connectivity index (χ2n) is 8.04. The first-order valence-corrected chi connectivity index (χ1v) is 12.0. The van der Waals surface area contributed by atoms with Gasteiger partial charge >= 0.3 is 0 Å². The van der Waals surface area contributed by atoms with Crippen LogP contribution in [0.2, 0.25) is 0 Å². The van der Waals surface area contributed by atoms with Crippen LogP contribution in [0, 0.1) is 12.7 Å². The Bertz CT molecular complexity index is 1110. The molecule has 1 fully saturated rings. The highest BCUT2D eigenvalue weighted by molar-refractivity contribution is 7.93. The number of anilines is 1. The molecule has 0 unspecified atom stereocenters. The summed E-state index contributed by atoms with van der Waals surface area (Å²) in [5.74, 6) is -0.380. The second-order valence-corrected chi connectivity index (χ2v) is 9.82. The van der Waals surface area contributed by atoms with Gasteiger partial charge in [0.05, 0.1) is 10.6 Å². The summed E-state index contributed by atoms with van der Waals surface area (Å²) >= 11 is 0. The quantitative estimate of drug-likeness (QED) is 0.544. The number of likely N-dealkylation sites (tertiary alicyclic amines) is 1. The summed E-state index contributed by atoms with van der Waals surface area (Å²) in [5.41, 5.74) is 2.46.